The molecule has 0 atom stereocenters. The number of rotatable bonds is 8. The molecule has 2 aliphatic carbocycles. The SMILES string of the molecule is O=C(CC1CCC(n2c(=O)c3cc(F)cnc3n(-c3cccc(-c4ccccc4CN4CCOCC4)c3)c2=O)CC1)C1(O)CC1. The topological polar surface area (TPSA) is 107 Å². The second-order valence-electron chi connectivity index (χ2n) is 12.7. The molecular weight excluding hydrogens is 575 g/mol. The van der Waals surface area contributed by atoms with E-state index in [2.05, 4.69) is 22.0 Å². The van der Waals surface area contributed by atoms with Gasteiger partial charge in [-0.2, -0.15) is 0 Å². The average Bonchev–Trinajstić information content (AvgIpc) is 3.82. The summed E-state index contributed by atoms with van der Waals surface area (Å²) in [5.41, 5.74) is 1.54. The van der Waals surface area contributed by atoms with Gasteiger partial charge in [-0.1, -0.05) is 36.4 Å². The number of nitrogens with zero attached hydrogens (tertiary/aromatic N) is 4. The Morgan fingerprint density at radius 2 is 1.76 bits per heavy atom. The number of ketones is 1. The van der Waals surface area contributed by atoms with Gasteiger partial charge in [0.25, 0.3) is 5.56 Å². The molecule has 10 heteroatoms. The van der Waals surface area contributed by atoms with Crippen LogP contribution in [0.25, 0.3) is 27.8 Å². The summed E-state index contributed by atoms with van der Waals surface area (Å²) in [6.07, 6.45) is 4.79. The van der Waals surface area contributed by atoms with Crippen molar-refractivity contribution in [3.05, 3.63) is 93.0 Å². The van der Waals surface area contributed by atoms with Crippen molar-refractivity contribution in [1.29, 1.82) is 0 Å². The van der Waals surface area contributed by atoms with Crippen LogP contribution >= 0.6 is 0 Å². The van der Waals surface area contributed by atoms with Gasteiger partial charge in [0.2, 0.25) is 0 Å². The van der Waals surface area contributed by atoms with Crippen LogP contribution in [0.5, 0.6) is 0 Å². The van der Waals surface area contributed by atoms with E-state index in [1.807, 2.05) is 30.3 Å². The van der Waals surface area contributed by atoms with E-state index in [0.717, 1.165) is 48.6 Å². The molecule has 4 aromatic rings. The molecule has 45 heavy (non-hydrogen) atoms. The maximum Gasteiger partial charge on any atom is 0.337 e. The molecule has 0 amide bonds. The largest absolute Gasteiger partial charge is 0.382 e. The molecule has 2 aromatic heterocycles. The second-order valence-corrected chi connectivity index (χ2v) is 12.7. The van der Waals surface area contributed by atoms with Gasteiger partial charge >= 0.3 is 5.69 Å². The van der Waals surface area contributed by atoms with Crippen LogP contribution in [0.15, 0.2) is 70.4 Å². The van der Waals surface area contributed by atoms with Gasteiger partial charge in [0, 0.05) is 32.1 Å². The fourth-order valence-corrected chi connectivity index (χ4v) is 6.95. The maximum atomic E-state index is 14.5. The Morgan fingerprint density at radius 1 is 1.00 bits per heavy atom. The third kappa shape index (κ3) is 5.90. The quantitative estimate of drug-likeness (QED) is 0.314. The van der Waals surface area contributed by atoms with Gasteiger partial charge in [0.1, 0.15) is 11.4 Å². The molecule has 9 nitrogen and oxygen atoms in total. The molecule has 0 spiro atoms. The zero-order chi connectivity index (χ0) is 31.1. The van der Waals surface area contributed by atoms with E-state index < -0.39 is 28.7 Å². The second kappa shape index (κ2) is 12.1. The van der Waals surface area contributed by atoms with E-state index in [0.29, 0.717) is 63.8 Å². The predicted molar refractivity (Wildman–Crippen MR) is 168 cm³/mol. The van der Waals surface area contributed by atoms with Gasteiger partial charge in [0.05, 0.1) is 30.5 Å². The van der Waals surface area contributed by atoms with Gasteiger partial charge < -0.3 is 9.84 Å². The number of ether oxygens (including phenoxy) is 1. The predicted octanol–water partition coefficient (Wildman–Crippen LogP) is 4.40. The molecule has 1 saturated heterocycles. The Hall–Kier alpha value is -3.99. The first-order valence-corrected chi connectivity index (χ1v) is 15.9. The lowest BCUT2D eigenvalue weighted by atomic mass is 9.82. The first-order valence-electron chi connectivity index (χ1n) is 15.9. The molecule has 3 heterocycles. The lowest BCUT2D eigenvalue weighted by Crippen LogP contribution is -2.43. The monoisotopic (exact) mass is 612 g/mol. The molecule has 2 saturated carbocycles. The number of fused-ring (bicyclic) bond motifs is 1. The Kier molecular flexibility index (Phi) is 7.97. The van der Waals surface area contributed by atoms with Crippen molar-refractivity contribution in [2.75, 3.05) is 26.3 Å². The molecule has 234 valence electrons. The zero-order valence-electron chi connectivity index (χ0n) is 25.2. The van der Waals surface area contributed by atoms with E-state index in [-0.39, 0.29) is 22.7 Å². The Bertz CT molecular complexity index is 1870. The van der Waals surface area contributed by atoms with Crippen molar-refractivity contribution in [3.63, 3.8) is 0 Å². The summed E-state index contributed by atoms with van der Waals surface area (Å²) in [6.45, 7) is 3.91. The highest BCUT2D eigenvalue weighted by Crippen LogP contribution is 2.40. The fraction of sp³-hybridized carbons (Fsp3) is 0.429. The maximum absolute atomic E-state index is 14.5. The van der Waals surface area contributed by atoms with Gasteiger partial charge in [0.15, 0.2) is 11.4 Å². The van der Waals surface area contributed by atoms with Crippen LogP contribution in [-0.2, 0) is 16.1 Å². The number of aliphatic hydroxyl groups is 1. The Labute approximate surface area is 259 Å². The van der Waals surface area contributed by atoms with Crippen LogP contribution < -0.4 is 11.2 Å². The minimum atomic E-state index is -1.14. The van der Waals surface area contributed by atoms with E-state index in [9.17, 15) is 23.9 Å². The van der Waals surface area contributed by atoms with Crippen molar-refractivity contribution in [2.45, 2.75) is 63.1 Å². The molecule has 0 unspecified atom stereocenters. The summed E-state index contributed by atoms with van der Waals surface area (Å²) in [5, 5.41) is 10.2. The highest BCUT2D eigenvalue weighted by atomic mass is 19.1. The van der Waals surface area contributed by atoms with Gasteiger partial charge in [-0.15, -0.1) is 0 Å². The van der Waals surface area contributed by atoms with Crippen molar-refractivity contribution < 1.29 is 19.0 Å². The van der Waals surface area contributed by atoms with Crippen LogP contribution in [0.1, 0.15) is 56.6 Å². The standard InChI is InChI=1S/C35H37FN4O5/c36-26-20-30-32(37-21-26)39(34(43)40(33(30)42)27-10-8-23(9-11-27)18-31(41)35(44)12-13-35)28-6-3-5-24(19-28)29-7-2-1-4-25(29)22-38-14-16-45-17-15-38/h1-7,19-21,23,27,44H,8-18,22H2. The highest BCUT2D eigenvalue weighted by molar-refractivity contribution is 5.89. The van der Waals surface area contributed by atoms with Gasteiger partial charge in [-0.25, -0.2) is 18.7 Å². The summed E-state index contributed by atoms with van der Waals surface area (Å²) >= 11 is 0. The molecule has 0 radical (unpaired) electrons. The van der Waals surface area contributed by atoms with Crippen LogP contribution in [0.4, 0.5) is 4.39 Å². The van der Waals surface area contributed by atoms with Crippen molar-refractivity contribution in [2.24, 2.45) is 5.92 Å². The summed E-state index contributed by atoms with van der Waals surface area (Å²) < 4.78 is 22.7. The molecule has 2 aromatic carbocycles. The number of carbonyl (C=O) groups is 1. The summed E-state index contributed by atoms with van der Waals surface area (Å²) in [6, 6.07) is 16.6. The number of benzene rings is 2. The number of Topliss-reactive ketones (excluding diaryl/α,β-unsaturated/α-hetero) is 1. The number of pyridine rings is 1. The lowest BCUT2D eigenvalue weighted by Gasteiger charge is -2.30. The molecule has 3 aliphatic rings. The number of hydrogen-bond acceptors (Lipinski definition) is 7. The van der Waals surface area contributed by atoms with E-state index in [1.165, 1.54) is 9.13 Å². The fourth-order valence-electron chi connectivity index (χ4n) is 6.95. The van der Waals surface area contributed by atoms with Crippen molar-refractivity contribution in [1.82, 2.24) is 19.0 Å². The number of hydrogen-bond donors (Lipinski definition) is 1. The summed E-state index contributed by atoms with van der Waals surface area (Å²) in [7, 11) is 0. The normalized spacial score (nSPS) is 21.6. The number of morpholine rings is 1. The Balaban J connectivity index is 1.25. The van der Waals surface area contributed by atoms with Crippen LogP contribution in [0, 0.1) is 11.7 Å². The lowest BCUT2D eigenvalue weighted by molar-refractivity contribution is -0.130. The summed E-state index contributed by atoms with van der Waals surface area (Å²) in [5.74, 6) is -0.656. The smallest absolute Gasteiger partial charge is 0.337 e. The average molecular weight is 613 g/mol. The first kappa shape index (κ1) is 29.7. The number of carbonyl (C=O) groups excluding carboxylic acids is 1. The van der Waals surface area contributed by atoms with Crippen molar-refractivity contribution in [3.8, 4) is 16.8 Å². The molecular formula is C35H37FN4O5. The molecule has 7 rings (SSSR count). The first-order chi connectivity index (χ1) is 21.8. The van der Waals surface area contributed by atoms with Crippen LogP contribution in [-0.4, -0.2) is 61.8 Å². The molecule has 3 fully saturated rings. The highest BCUT2D eigenvalue weighted by Gasteiger charge is 2.47. The number of halogens is 1. The summed E-state index contributed by atoms with van der Waals surface area (Å²) in [4.78, 5) is 47.1. The number of aromatic nitrogens is 3. The molecule has 0 bridgehead atoms. The minimum absolute atomic E-state index is 0.0426. The molecule has 1 N–H and O–H groups in total. The third-order valence-corrected chi connectivity index (χ3v) is 9.72. The van der Waals surface area contributed by atoms with Gasteiger partial charge in [-0.05, 0) is 79.3 Å². The minimum Gasteiger partial charge on any atom is -0.382 e. The third-order valence-electron chi connectivity index (χ3n) is 9.72. The van der Waals surface area contributed by atoms with Crippen LogP contribution in [0.3, 0.4) is 0 Å². The Morgan fingerprint density at radius 3 is 2.51 bits per heavy atom. The van der Waals surface area contributed by atoms with E-state index in [1.54, 1.807) is 6.07 Å². The van der Waals surface area contributed by atoms with Crippen LogP contribution in [0.2, 0.25) is 0 Å². The van der Waals surface area contributed by atoms with E-state index in [4.69, 9.17) is 4.74 Å². The van der Waals surface area contributed by atoms with Crippen molar-refractivity contribution >= 4 is 16.8 Å². The zero-order valence-corrected chi connectivity index (χ0v) is 25.2. The van der Waals surface area contributed by atoms with E-state index >= 15 is 0 Å². The van der Waals surface area contributed by atoms with Gasteiger partial charge in [-0.3, -0.25) is 19.1 Å². The molecule has 1 aliphatic heterocycles.